The van der Waals surface area contributed by atoms with Gasteiger partial charge >= 0.3 is 0 Å². The normalized spacial score (nSPS) is 14.2. The van der Waals surface area contributed by atoms with Crippen molar-refractivity contribution in [2.24, 2.45) is 0 Å². The van der Waals surface area contributed by atoms with Crippen molar-refractivity contribution in [2.75, 3.05) is 19.6 Å². The lowest BCUT2D eigenvalue weighted by Crippen LogP contribution is -2.33. The number of nitrogens with zero attached hydrogens (tertiary/aromatic N) is 2. The van der Waals surface area contributed by atoms with Crippen molar-refractivity contribution < 1.29 is 9.18 Å². The van der Waals surface area contributed by atoms with Crippen LogP contribution < -0.4 is 5.32 Å². The molecule has 2 heterocycles. The number of rotatable bonds is 7. The number of carbonyl (C=O) groups excluding carboxylic acids is 1. The van der Waals surface area contributed by atoms with Crippen LogP contribution in [0.1, 0.15) is 29.8 Å². The van der Waals surface area contributed by atoms with E-state index in [9.17, 15) is 9.18 Å². The smallest absolute Gasteiger partial charge is 0.220 e. The summed E-state index contributed by atoms with van der Waals surface area (Å²) in [6.45, 7) is 3.75. The molecule has 0 radical (unpaired) electrons. The predicted octanol–water partition coefficient (Wildman–Crippen LogP) is 3.20. The number of fused-ring (bicyclic) bond motifs is 2. The van der Waals surface area contributed by atoms with Crippen LogP contribution in [-0.4, -0.2) is 40.4 Å². The van der Waals surface area contributed by atoms with Crippen LogP contribution in [0.3, 0.4) is 0 Å². The Balaban J connectivity index is 1.16. The molecule has 3 aromatic rings. The monoisotopic (exact) mass is 380 g/mol. The van der Waals surface area contributed by atoms with Crippen molar-refractivity contribution in [3.8, 4) is 0 Å². The first-order valence-electron chi connectivity index (χ1n) is 9.87. The number of nitrogens with one attached hydrogen (secondary N) is 2. The van der Waals surface area contributed by atoms with E-state index in [-0.39, 0.29) is 11.7 Å². The maximum atomic E-state index is 13.2. The number of H-pyrrole nitrogens is 1. The molecule has 0 atom stereocenters. The number of carbonyl (C=O) groups is 1. The summed E-state index contributed by atoms with van der Waals surface area (Å²) in [6.07, 6.45) is 2.94. The van der Waals surface area contributed by atoms with Gasteiger partial charge in [0, 0.05) is 39.0 Å². The Bertz CT molecular complexity index is 968. The molecule has 4 rings (SSSR count). The van der Waals surface area contributed by atoms with E-state index in [1.54, 1.807) is 6.07 Å². The van der Waals surface area contributed by atoms with Crippen molar-refractivity contribution in [3.63, 3.8) is 0 Å². The minimum absolute atomic E-state index is 0.0237. The number of imidazole rings is 1. The molecule has 0 bridgehead atoms. The molecule has 0 spiro atoms. The van der Waals surface area contributed by atoms with Crippen molar-refractivity contribution in [1.82, 2.24) is 20.2 Å². The fraction of sp³-hybridized carbons (Fsp3) is 0.364. The average molecular weight is 380 g/mol. The zero-order chi connectivity index (χ0) is 19.3. The van der Waals surface area contributed by atoms with Gasteiger partial charge in [-0.1, -0.05) is 24.3 Å². The van der Waals surface area contributed by atoms with Crippen LogP contribution in [0, 0.1) is 5.82 Å². The number of benzene rings is 2. The van der Waals surface area contributed by atoms with Gasteiger partial charge in [0.25, 0.3) is 0 Å². The summed E-state index contributed by atoms with van der Waals surface area (Å²) in [7, 11) is 0. The summed E-state index contributed by atoms with van der Waals surface area (Å²) in [5.41, 5.74) is 4.27. The standard InChI is InChI=1S/C22H25FN4O/c23-18-6-7-19-20(14-18)26-21(25-19)8-9-22(28)24-11-3-12-27-13-10-16-4-1-2-5-17(16)15-27/h1-2,4-7,14H,3,8-13,15H2,(H,24,28)(H,25,26). The van der Waals surface area contributed by atoms with Gasteiger partial charge < -0.3 is 10.3 Å². The lowest BCUT2D eigenvalue weighted by atomic mass is 10.00. The van der Waals surface area contributed by atoms with E-state index in [0.717, 1.165) is 38.0 Å². The third-order valence-electron chi connectivity index (χ3n) is 5.26. The molecule has 5 nitrogen and oxygen atoms in total. The number of amides is 1. The number of aromatic nitrogens is 2. The fourth-order valence-electron chi connectivity index (χ4n) is 3.75. The minimum atomic E-state index is -0.294. The van der Waals surface area contributed by atoms with Crippen molar-refractivity contribution in [1.29, 1.82) is 0 Å². The largest absolute Gasteiger partial charge is 0.356 e. The minimum Gasteiger partial charge on any atom is -0.356 e. The van der Waals surface area contributed by atoms with Gasteiger partial charge in [0.2, 0.25) is 5.91 Å². The van der Waals surface area contributed by atoms with E-state index in [0.29, 0.717) is 30.7 Å². The second-order valence-corrected chi connectivity index (χ2v) is 7.34. The molecule has 0 unspecified atom stereocenters. The Morgan fingerprint density at radius 1 is 1.21 bits per heavy atom. The maximum Gasteiger partial charge on any atom is 0.220 e. The molecule has 0 saturated heterocycles. The first-order chi connectivity index (χ1) is 13.7. The van der Waals surface area contributed by atoms with Gasteiger partial charge in [0.15, 0.2) is 0 Å². The quantitative estimate of drug-likeness (QED) is 0.619. The van der Waals surface area contributed by atoms with Crippen LogP contribution in [-0.2, 0) is 24.2 Å². The molecule has 28 heavy (non-hydrogen) atoms. The molecule has 0 fully saturated rings. The van der Waals surface area contributed by atoms with Gasteiger partial charge in [0.05, 0.1) is 11.0 Å². The van der Waals surface area contributed by atoms with Crippen molar-refractivity contribution in [2.45, 2.75) is 32.2 Å². The number of hydrogen-bond acceptors (Lipinski definition) is 3. The van der Waals surface area contributed by atoms with E-state index in [4.69, 9.17) is 0 Å². The van der Waals surface area contributed by atoms with Crippen LogP contribution in [0.4, 0.5) is 4.39 Å². The van der Waals surface area contributed by atoms with Gasteiger partial charge in [-0.25, -0.2) is 9.37 Å². The van der Waals surface area contributed by atoms with Crippen molar-refractivity contribution >= 4 is 16.9 Å². The van der Waals surface area contributed by atoms with Crippen LogP contribution in [0.5, 0.6) is 0 Å². The highest BCUT2D eigenvalue weighted by molar-refractivity contribution is 5.77. The highest BCUT2D eigenvalue weighted by atomic mass is 19.1. The molecule has 146 valence electrons. The van der Waals surface area contributed by atoms with E-state index < -0.39 is 0 Å². The molecule has 1 aromatic heterocycles. The van der Waals surface area contributed by atoms with Gasteiger partial charge in [-0.2, -0.15) is 0 Å². The summed E-state index contributed by atoms with van der Waals surface area (Å²) in [4.78, 5) is 22.0. The third kappa shape index (κ3) is 4.57. The second-order valence-electron chi connectivity index (χ2n) is 7.34. The van der Waals surface area contributed by atoms with Gasteiger partial charge in [0.1, 0.15) is 11.6 Å². The van der Waals surface area contributed by atoms with E-state index in [1.165, 1.54) is 23.3 Å². The summed E-state index contributed by atoms with van der Waals surface area (Å²) >= 11 is 0. The molecule has 0 saturated carbocycles. The fourth-order valence-corrected chi connectivity index (χ4v) is 3.75. The first kappa shape index (κ1) is 18.6. The number of hydrogen-bond donors (Lipinski definition) is 2. The van der Waals surface area contributed by atoms with E-state index in [1.807, 2.05) is 0 Å². The van der Waals surface area contributed by atoms with Gasteiger partial charge in [-0.3, -0.25) is 9.69 Å². The van der Waals surface area contributed by atoms with E-state index >= 15 is 0 Å². The Labute approximate surface area is 164 Å². The van der Waals surface area contributed by atoms with Crippen LogP contribution in [0.15, 0.2) is 42.5 Å². The first-order valence-corrected chi connectivity index (χ1v) is 9.87. The molecular weight excluding hydrogens is 355 g/mol. The SMILES string of the molecule is O=C(CCc1nc2ccc(F)cc2[nH]1)NCCCN1CCc2ccccc2C1. The van der Waals surface area contributed by atoms with Gasteiger partial charge in [-0.05, 0) is 42.2 Å². The molecule has 2 aromatic carbocycles. The molecule has 1 amide bonds. The van der Waals surface area contributed by atoms with Crippen LogP contribution >= 0.6 is 0 Å². The van der Waals surface area contributed by atoms with Crippen LogP contribution in [0.25, 0.3) is 11.0 Å². The Hall–Kier alpha value is -2.73. The maximum absolute atomic E-state index is 13.2. The average Bonchev–Trinajstić information content (AvgIpc) is 3.11. The summed E-state index contributed by atoms with van der Waals surface area (Å²) in [5, 5.41) is 2.99. The summed E-state index contributed by atoms with van der Waals surface area (Å²) in [5.74, 6) is 0.441. The summed E-state index contributed by atoms with van der Waals surface area (Å²) < 4.78 is 13.2. The summed E-state index contributed by atoms with van der Waals surface area (Å²) in [6, 6.07) is 13.1. The molecule has 2 N–H and O–H groups in total. The molecule has 1 aliphatic heterocycles. The molecule has 0 aliphatic carbocycles. The predicted molar refractivity (Wildman–Crippen MR) is 107 cm³/mol. The lowest BCUT2D eigenvalue weighted by Gasteiger charge is -2.28. The highest BCUT2D eigenvalue weighted by Crippen LogP contribution is 2.18. The Morgan fingerprint density at radius 3 is 2.96 bits per heavy atom. The zero-order valence-electron chi connectivity index (χ0n) is 15.9. The number of aryl methyl sites for hydroxylation is 1. The number of aromatic amines is 1. The Morgan fingerprint density at radius 2 is 2.07 bits per heavy atom. The zero-order valence-corrected chi connectivity index (χ0v) is 15.9. The van der Waals surface area contributed by atoms with Crippen LogP contribution in [0.2, 0.25) is 0 Å². The Kier molecular flexibility index (Phi) is 5.67. The van der Waals surface area contributed by atoms with E-state index in [2.05, 4.69) is 44.5 Å². The topological polar surface area (TPSA) is 61.0 Å². The third-order valence-corrected chi connectivity index (χ3v) is 5.26. The molecular formula is C22H25FN4O. The highest BCUT2D eigenvalue weighted by Gasteiger charge is 2.15. The lowest BCUT2D eigenvalue weighted by molar-refractivity contribution is -0.121. The second kappa shape index (κ2) is 8.52. The molecule has 6 heteroatoms. The number of halogens is 1. The van der Waals surface area contributed by atoms with Crippen molar-refractivity contribution in [3.05, 3.63) is 65.2 Å². The van der Waals surface area contributed by atoms with Gasteiger partial charge in [-0.15, -0.1) is 0 Å². The molecule has 1 aliphatic rings.